The van der Waals surface area contributed by atoms with Crippen molar-refractivity contribution in [3.05, 3.63) is 87.1 Å². The first kappa shape index (κ1) is 20.5. The second kappa shape index (κ2) is 9.34. The number of amides is 1. The Morgan fingerprint density at radius 2 is 1.80 bits per heavy atom. The van der Waals surface area contributed by atoms with Crippen LogP contribution >= 0.6 is 27.5 Å². The van der Waals surface area contributed by atoms with Gasteiger partial charge in [0.2, 0.25) is 0 Å². The van der Waals surface area contributed by atoms with E-state index in [4.69, 9.17) is 16.3 Å². The molecule has 0 spiro atoms. The number of carbonyl (C=O) groups excluding carboxylic acids is 1. The third-order valence-corrected chi connectivity index (χ3v) is 5.63. The van der Waals surface area contributed by atoms with Gasteiger partial charge in [0.25, 0.3) is 0 Å². The molecule has 1 aliphatic carbocycles. The summed E-state index contributed by atoms with van der Waals surface area (Å²) in [5, 5.41) is 3.10. The average molecular weight is 482 g/mol. The lowest BCUT2D eigenvalue weighted by Crippen LogP contribution is -2.26. The van der Waals surface area contributed by atoms with E-state index in [-0.39, 0.29) is 5.92 Å². The van der Waals surface area contributed by atoms with Crippen LogP contribution in [0, 0.1) is 11.8 Å². The van der Waals surface area contributed by atoms with Gasteiger partial charge >= 0.3 is 6.09 Å². The molecule has 0 atom stereocenters. The van der Waals surface area contributed by atoms with Crippen molar-refractivity contribution in [2.24, 2.45) is 0 Å². The van der Waals surface area contributed by atoms with E-state index in [0.717, 1.165) is 4.47 Å². The van der Waals surface area contributed by atoms with Crippen molar-refractivity contribution in [3.63, 3.8) is 0 Å². The van der Waals surface area contributed by atoms with Crippen molar-refractivity contribution in [2.45, 2.75) is 12.3 Å². The summed E-state index contributed by atoms with van der Waals surface area (Å²) in [5.41, 5.74) is 5.44. The molecule has 2 aromatic carbocycles. The maximum Gasteiger partial charge on any atom is 0.407 e. The van der Waals surface area contributed by atoms with Gasteiger partial charge in [-0.3, -0.25) is 0 Å². The lowest BCUT2D eigenvalue weighted by molar-refractivity contribution is 0.143. The quantitative estimate of drug-likeness (QED) is 0.292. The van der Waals surface area contributed by atoms with Crippen LogP contribution in [-0.4, -0.2) is 24.2 Å². The predicted molar refractivity (Wildman–Crippen MR) is 122 cm³/mol. The van der Waals surface area contributed by atoms with E-state index < -0.39 is 6.09 Å². The zero-order valence-corrected chi connectivity index (χ0v) is 18.3. The smallest absolute Gasteiger partial charge is 0.407 e. The first-order valence-electron chi connectivity index (χ1n) is 9.52. The lowest BCUT2D eigenvalue weighted by Gasteiger charge is -2.14. The van der Waals surface area contributed by atoms with E-state index in [1.54, 1.807) is 12.3 Å². The molecule has 3 aromatic rings. The molecule has 1 aliphatic rings. The number of benzene rings is 2. The molecule has 0 bridgehead atoms. The van der Waals surface area contributed by atoms with Gasteiger partial charge in [0.1, 0.15) is 11.8 Å². The number of halogens is 2. The summed E-state index contributed by atoms with van der Waals surface area (Å²) in [6.45, 7) is 0.688. The standard InChI is InChI=1S/C24H18BrClN2O2/c25-17-13-16(23(26)28-14-17)7-5-6-12-27-24(29)30-15-22-20-10-3-1-8-18(20)19-9-2-4-11-21(19)22/h1-4,8-11,13-14,22H,6,12,15H2,(H,27,29). The number of hydrogen-bond acceptors (Lipinski definition) is 3. The van der Waals surface area contributed by atoms with Crippen LogP contribution in [0.25, 0.3) is 11.1 Å². The molecule has 1 aromatic heterocycles. The number of nitrogens with one attached hydrogen (secondary N) is 1. The maximum atomic E-state index is 12.1. The van der Waals surface area contributed by atoms with Crippen LogP contribution in [0.1, 0.15) is 29.0 Å². The highest BCUT2D eigenvalue weighted by molar-refractivity contribution is 9.10. The van der Waals surface area contributed by atoms with Crippen LogP contribution in [0.3, 0.4) is 0 Å². The zero-order valence-electron chi connectivity index (χ0n) is 16.0. The molecule has 1 N–H and O–H groups in total. The minimum absolute atomic E-state index is 0.0501. The molecule has 1 amide bonds. The van der Waals surface area contributed by atoms with Crippen LogP contribution in [-0.2, 0) is 4.74 Å². The van der Waals surface area contributed by atoms with Crippen molar-refractivity contribution < 1.29 is 9.53 Å². The zero-order chi connectivity index (χ0) is 20.9. The second-order valence-corrected chi connectivity index (χ2v) is 8.07. The highest BCUT2D eigenvalue weighted by Crippen LogP contribution is 2.44. The number of pyridine rings is 1. The summed E-state index contributed by atoms with van der Waals surface area (Å²) < 4.78 is 6.32. The molecular weight excluding hydrogens is 464 g/mol. The van der Waals surface area contributed by atoms with Gasteiger partial charge in [0, 0.05) is 29.6 Å². The summed E-state index contributed by atoms with van der Waals surface area (Å²) in [4.78, 5) is 16.2. The summed E-state index contributed by atoms with van der Waals surface area (Å²) in [6, 6.07) is 18.3. The average Bonchev–Trinajstić information content (AvgIpc) is 3.08. The van der Waals surface area contributed by atoms with Gasteiger partial charge in [0.05, 0.1) is 5.56 Å². The number of carbonyl (C=O) groups is 1. The molecule has 1 heterocycles. The molecule has 4 rings (SSSR count). The van der Waals surface area contributed by atoms with E-state index in [1.807, 2.05) is 24.3 Å². The van der Waals surface area contributed by atoms with Gasteiger partial charge in [-0.1, -0.05) is 72.0 Å². The molecule has 0 saturated carbocycles. The number of nitrogens with zero attached hydrogens (tertiary/aromatic N) is 1. The molecule has 0 saturated heterocycles. The van der Waals surface area contributed by atoms with Gasteiger partial charge in [-0.05, 0) is 44.3 Å². The molecule has 0 aliphatic heterocycles. The van der Waals surface area contributed by atoms with E-state index in [0.29, 0.717) is 30.3 Å². The van der Waals surface area contributed by atoms with Crippen LogP contribution in [0.2, 0.25) is 5.15 Å². The number of fused-ring (bicyclic) bond motifs is 3. The van der Waals surface area contributed by atoms with Crippen molar-refractivity contribution in [2.75, 3.05) is 13.2 Å². The monoisotopic (exact) mass is 480 g/mol. The van der Waals surface area contributed by atoms with Crippen LogP contribution in [0.4, 0.5) is 4.79 Å². The maximum absolute atomic E-state index is 12.1. The lowest BCUT2D eigenvalue weighted by atomic mass is 9.98. The minimum atomic E-state index is -0.444. The fourth-order valence-electron chi connectivity index (χ4n) is 3.54. The van der Waals surface area contributed by atoms with Gasteiger partial charge in [0.15, 0.2) is 0 Å². The molecule has 0 unspecified atom stereocenters. The van der Waals surface area contributed by atoms with Crippen molar-refractivity contribution in [1.82, 2.24) is 10.3 Å². The fraction of sp³-hybridized carbons (Fsp3) is 0.167. The van der Waals surface area contributed by atoms with Gasteiger partial charge in [-0.15, -0.1) is 0 Å². The fourth-order valence-corrected chi connectivity index (χ4v) is 4.03. The van der Waals surface area contributed by atoms with E-state index >= 15 is 0 Å². The Balaban J connectivity index is 1.30. The van der Waals surface area contributed by atoms with E-state index in [1.165, 1.54) is 22.3 Å². The first-order valence-corrected chi connectivity index (χ1v) is 10.7. The third kappa shape index (κ3) is 4.51. The Bertz CT molecular complexity index is 1110. The Hall–Kier alpha value is -2.81. The predicted octanol–water partition coefficient (Wildman–Crippen LogP) is 5.78. The summed E-state index contributed by atoms with van der Waals surface area (Å²) >= 11 is 9.35. The van der Waals surface area contributed by atoms with Crippen LogP contribution < -0.4 is 5.32 Å². The number of ether oxygens (including phenoxy) is 1. The summed E-state index contributed by atoms with van der Waals surface area (Å²) in [7, 11) is 0. The van der Waals surface area contributed by atoms with Crippen molar-refractivity contribution in [3.8, 4) is 23.0 Å². The Kier molecular flexibility index (Phi) is 6.37. The van der Waals surface area contributed by atoms with Crippen molar-refractivity contribution >= 4 is 33.6 Å². The van der Waals surface area contributed by atoms with Crippen molar-refractivity contribution in [1.29, 1.82) is 0 Å². The highest BCUT2D eigenvalue weighted by atomic mass is 79.9. The number of rotatable bonds is 4. The molecular formula is C24H18BrClN2O2. The normalized spacial score (nSPS) is 11.8. The number of hydrogen-bond donors (Lipinski definition) is 1. The number of alkyl carbamates (subject to hydrolysis) is 1. The summed E-state index contributed by atoms with van der Waals surface area (Å²) in [6.07, 6.45) is 1.65. The Morgan fingerprint density at radius 3 is 2.50 bits per heavy atom. The molecule has 6 heteroatoms. The Morgan fingerprint density at radius 1 is 1.13 bits per heavy atom. The van der Waals surface area contributed by atoms with E-state index in [9.17, 15) is 4.79 Å². The first-order chi connectivity index (χ1) is 14.6. The van der Waals surface area contributed by atoms with E-state index in [2.05, 4.69) is 62.3 Å². The summed E-state index contributed by atoms with van der Waals surface area (Å²) in [5.74, 6) is 5.99. The Labute approximate surface area is 188 Å². The van der Waals surface area contributed by atoms with Gasteiger partial charge in [-0.2, -0.15) is 0 Å². The molecule has 150 valence electrons. The minimum Gasteiger partial charge on any atom is -0.449 e. The SMILES string of the molecule is O=C(NCCC#Cc1cc(Br)cnc1Cl)OCC1c2ccccc2-c2ccccc21. The van der Waals surface area contributed by atoms with Gasteiger partial charge < -0.3 is 10.1 Å². The molecule has 4 nitrogen and oxygen atoms in total. The second-order valence-electron chi connectivity index (χ2n) is 6.80. The largest absolute Gasteiger partial charge is 0.449 e. The molecule has 0 radical (unpaired) electrons. The van der Waals surface area contributed by atoms with Crippen LogP contribution in [0.5, 0.6) is 0 Å². The van der Waals surface area contributed by atoms with Crippen LogP contribution in [0.15, 0.2) is 65.3 Å². The number of aromatic nitrogens is 1. The molecule has 0 fully saturated rings. The topological polar surface area (TPSA) is 51.2 Å². The highest BCUT2D eigenvalue weighted by Gasteiger charge is 2.28. The molecule has 30 heavy (non-hydrogen) atoms. The van der Waals surface area contributed by atoms with Gasteiger partial charge in [-0.25, -0.2) is 9.78 Å². The third-order valence-electron chi connectivity index (χ3n) is 4.89.